The molecule has 2 aromatic rings. The molecule has 2 aromatic carbocycles. The van der Waals surface area contributed by atoms with Gasteiger partial charge in [-0.2, -0.15) is 4.31 Å². The van der Waals surface area contributed by atoms with Gasteiger partial charge >= 0.3 is 0 Å². The smallest absolute Gasteiger partial charge is 0.243 e. The summed E-state index contributed by atoms with van der Waals surface area (Å²) in [5.74, 6) is -0.332. The van der Waals surface area contributed by atoms with Crippen LogP contribution < -0.4 is 0 Å². The Morgan fingerprint density at radius 2 is 1.59 bits per heavy atom. The molecular formula is C20H23FN2O3S. The number of rotatable bonds is 5. The van der Waals surface area contributed by atoms with Gasteiger partial charge in [-0.3, -0.25) is 4.79 Å². The molecule has 0 aromatic heterocycles. The lowest BCUT2D eigenvalue weighted by Gasteiger charge is -2.34. The van der Waals surface area contributed by atoms with Crippen LogP contribution in [0.5, 0.6) is 0 Å². The zero-order valence-electron chi connectivity index (χ0n) is 15.2. The van der Waals surface area contributed by atoms with E-state index in [1.807, 2.05) is 37.3 Å². The number of halogens is 1. The molecule has 1 aliphatic heterocycles. The van der Waals surface area contributed by atoms with Gasteiger partial charge in [-0.1, -0.05) is 37.3 Å². The zero-order chi connectivity index (χ0) is 19.4. The van der Waals surface area contributed by atoms with Gasteiger partial charge in [-0.15, -0.1) is 0 Å². The third-order valence-corrected chi connectivity index (χ3v) is 6.81. The Bertz CT molecular complexity index is 877. The van der Waals surface area contributed by atoms with Crippen molar-refractivity contribution in [3.63, 3.8) is 0 Å². The van der Waals surface area contributed by atoms with Gasteiger partial charge < -0.3 is 4.90 Å². The fraction of sp³-hybridized carbons (Fsp3) is 0.350. The lowest BCUT2D eigenvalue weighted by atomic mass is 9.97. The molecule has 7 heteroatoms. The molecule has 1 unspecified atom stereocenters. The van der Waals surface area contributed by atoms with E-state index in [1.54, 1.807) is 4.90 Å². The van der Waals surface area contributed by atoms with Crippen molar-refractivity contribution in [1.82, 2.24) is 9.21 Å². The summed E-state index contributed by atoms with van der Waals surface area (Å²) in [6, 6.07) is 14.7. The molecule has 1 amide bonds. The summed E-state index contributed by atoms with van der Waals surface area (Å²) in [6.45, 7) is 3.22. The van der Waals surface area contributed by atoms with Crippen LogP contribution in [-0.2, 0) is 14.8 Å². The highest BCUT2D eigenvalue weighted by atomic mass is 32.2. The Labute approximate surface area is 159 Å². The summed E-state index contributed by atoms with van der Waals surface area (Å²) in [7, 11) is -3.67. The minimum absolute atomic E-state index is 0.0326. The first-order valence-electron chi connectivity index (χ1n) is 8.96. The Morgan fingerprint density at radius 1 is 1.00 bits per heavy atom. The molecule has 0 aliphatic carbocycles. The van der Waals surface area contributed by atoms with E-state index in [4.69, 9.17) is 0 Å². The number of carbonyl (C=O) groups is 1. The quantitative estimate of drug-likeness (QED) is 0.789. The largest absolute Gasteiger partial charge is 0.340 e. The number of piperazine rings is 1. The zero-order valence-corrected chi connectivity index (χ0v) is 16.0. The fourth-order valence-electron chi connectivity index (χ4n) is 3.22. The number of benzene rings is 2. The number of hydrogen-bond acceptors (Lipinski definition) is 3. The van der Waals surface area contributed by atoms with Crippen molar-refractivity contribution in [2.75, 3.05) is 26.2 Å². The van der Waals surface area contributed by atoms with Crippen molar-refractivity contribution >= 4 is 15.9 Å². The lowest BCUT2D eigenvalue weighted by molar-refractivity contribution is -0.132. The van der Waals surface area contributed by atoms with Crippen molar-refractivity contribution in [2.45, 2.75) is 24.2 Å². The average Bonchev–Trinajstić information content (AvgIpc) is 2.69. The number of hydrogen-bond donors (Lipinski definition) is 0. The Kier molecular flexibility index (Phi) is 5.92. The van der Waals surface area contributed by atoms with Crippen LogP contribution in [0.15, 0.2) is 59.5 Å². The number of amides is 1. The Morgan fingerprint density at radius 3 is 2.19 bits per heavy atom. The predicted octanol–water partition coefficient (Wildman–Crippen LogP) is 2.85. The Hall–Kier alpha value is -2.25. The van der Waals surface area contributed by atoms with Gasteiger partial charge in [0.2, 0.25) is 15.9 Å². The van der Waals surface area contributed by atoms with Crippen LogP contribution in [0, 0.1) is 5.82 Å². The van der Waals surface area contributed by atoms with Crippen LogP contribution in [0.1, 0.15) is 24.8 Å². The van der Waals surface area contributed by atoms with Crippen LogP contribution in [0.3, 0.4) is 0 Å². The maximum atomic E-state index is 13.0. The molecule has 1 aliphatic rings. The first kappa shape index (κ1) is 19.5. The van der Waals surface area contributed by atoms with E-state index >= 15 is 0 Å². The first-order chi connectivity index (χ1) is 12.9. The van der Waals surface area contributed by atoms with Crippen molar-refractivity contribution in [3.8, 4) is 0 Å². The van der Waals surface area contributed by atoms with Gasteiger partial charge in [-0.05, 0) is 35.7 Å². The molecule has 0 saturated carbocycles. The molecule has 0 radical (unpaired) electrons. The van der Waals surface area contributed by atoms with E-state index in [1.165, 1.54) is 16.4 Å². The van der Waals surface area contributed by atoms with Crippen LogP contribution in [-0.4, -0.2) is 49.7 Å². The molecule has 5 nitrogen and oxygen atoms in total. The molecule has 0 N–H and O–H groups in total. The molecule has 1 heterocycles. The molecule has 1 saturated heterocycles. The van der Waals surface area contributed by atoms with Crippen LogP contribution in [0.4, 0.5) is 4.39 Å². The topological polar surface area (TPSA) is 57.7 Å². The van der Waals surface area contributed by atoms with Gasteiger partial charge in [0.1, 0.15) is 5.82 Å². The molecule has 3 rings (SSSR count). The van der Waals surface area contributed by atoms with E-state index < -0.39 is 15.8 Å². The maximum Gasteiger partial charge on any atom is 0.243 e. The summed E-state index contributed by atoms with van der Waals surface area (Å²) in [6.07, 6.45) is 0.398. The van der Waals surface area contributed by atoms with E-state index in [9.17, 15) is 17.6 Å². The Balaban J connectivity index is 1.58. The molecule has 1 atom stereocenters. The highest BCUT2D eigenvalue weighted by Crippen LogP contribution is 2.22. The minimum atomic E-state index is -3.67. The van der Waals surface area contributed by atoms with Crippen molar-refractivity contribution in [1.29, 1.82) is 0 Å². The molecular weight excluding hydrogens is 367 g/mol. The van der Waals surface area contributed by atoms with Crippen LogP contribution in [0.2, 0.25) is 0 Å². The predicted molar refractivity (Wildman–Crippen MR) is 101 cm³/mol. The standard InChI is InChI=1S/C20H23FN2O3S/c1-16(17-5-3-2-4-6-17)15-20(24)22-11-13-23(14-12-22)27(25,26)19-9-7-18(21)8-10-19/h2-10,16H,11-15H2,1H3. The molecule has 144 valence electrons. The summed E-state index contributed by atoms with van der Waals surface area (Å²) in [5, 5.41) is 0. The molecule has 0 spiro atoms. The van der Waals surface area contributed by atoms with Gasteiger partial charge in [0, 0.05) is 32.6 Å². The second-order valence-corrected chi connectivity index (χ2v) is 8.69. The third-order valence-electron chi connectivity index (χ3n) is 4.89. The summed E-state index contributed by atoms with van der Waals surface area (Å²) >= 11 is 0. The minimum Gasteiger partial charge on any atom is -0.340 e. The first-order valence-corrected chi connectivity index (χ1v) is 10.4. The summed E-state index contributed by atoms with van der Waals surface area (Å²) in [4.78, 5) is 14.4. The number of nitrogens with zero attached hydrogens (tertiary/aromatic N) is 2. The van der Waals surface area contributed by atoms with Crippen LogP contribution >= 0.6 is 0 Å². The second kappa shape index (κ2) is 8.19. The van der Waals surface area contributed by atoms with E-state index in [0.717, 1.165) is 17.7 Å². The van der Waals surface area contributed by atoms with E-state index in [-0.39, 0.29) is 29.8 Å². The third kappa shape index (κ3) is 4.54. The van der Waals surface area contributed by atoms with Crippen LogP contribution in [0.25, 0.3) is 0 Å². The summed E-state index contributed by atoms with van der Waals surface area (Å²) in [5.41, 5.74) is 1.11. The highest BCUT2D eigenvalue weighted by molar-refractivity contribution is 7.89. The summed E-state index contributed by atoms with van der Waals surface area (Å²) < 4.78 is 39.7. The lowest BCUT2D eigenvalue weighted by Crippen LogP contribution is -2.50. The van der Waals surface area contributed by atoms with E-state index in [2.05, 4.69) is 0 Å². The number of sulfonamides is 1. The fourth-order valence-corrected chi connectivity index (χ4v) is 4.65. The molecule has 27 heavy (non-hydrogen) atoms. The monoisotopic (exact) mass is 390 g/mol. The number of carbonyl (C=O) groups excluding carboxylic acids is 1. The molecule has 0 bridgehead atoms. The van der Waals surface area contributed by atoms with Gasteiger partial charge in [0.25, 0.3) is 0 Å². The van der Waals surface area contributed by atoms with Gasteiger partial charge in [0.15, 0.2) is 0 Å². The maximum absolute atomic E-state index is 13.0. The average molecular weight is 390 g/mol. The molecule has 1 fully saturated rings. The van der Waals surface area contributed by atoms with Crippen molar-refractivity contribution in [3.05, 3.63) is 66.0 Å². The highest BCUT2D eigenvalue weighted by Gasteiger charge is 2.30. The van der Waals surface area contributed by atoms with E-state index in [0.29, 0.717) is 19.5 Å². The van der Waals surface area contributed by atoms with Crippen molar-refractivity contribution < 1.29 is 17.6 Å². The van der Waals surface area contributed by atoms with Crippen molar-refractivity contribution in [2.24, 2.45) is 0 Å². The van der Waals surface area contributed by atoms with Gasteiger partial charge in [0.05, 0.1) is 4.90 Å². The normalized spacial score (nSPS) is 16.9. The second-order valence-electron chi connectivity index (χ2n) is 6.75. The van der Waals surface area contributed by atoms with Gasteiger partial charge in [-0.25, -0.2) is 12.8 Å². The SMILES string of the molecule is CC(CC(=O)N1CCN(S(=O)(=O)c2ccc(F)cc2)CC1)c1ccccc1.